The molecule has 1 fully saturated rings. The van der Waals surface area contributed by atoms with Crippen LogP contribution in [-0.4, -0.2) is 75.2 Å². The van der Waals surface area contributed by atoms with Crippen molar-refractivity contribution in [3.63, 3.8) is 0 Å². The zero-order valence-electron chi connectivity index (χ0n) is 14.7. The van der Waals surface area contributed by atoms with Gasteiger partial charge in [-0.3, -0.25) is 9.89 Å². The second kappa shape index (κ2) is 9.90. The zero-order valence-corrected chi connectivity index (χ0v) is 15.5. The minimum Gasteiger partial charge on any atom is -0.356 e. The average Bonchev–Trinajstić information content (AvgIpc) is 3.13. The fourth-order valence-corrected chi connectivity index (χ4v) is 3.59. The average molecular weight is 338 g/mol. The molecule has 1 atom stereocenters. The third-order valence-corrected chi connectivity index (χ3v) is 5.56. The number of rotatable bonds is 7. The molecule has 0 aromatic carbocycles. The van der Waals surface area contributed by atoms with Crippen LogP contribution in [0.4, 0.5) is 0 Å². The molecule has 23 heavy (non-hydrogen) atoms. The van der Waals surface area contributed by atoms with Crippen LogP contribution in [-0.2, 0) is 0 Å². The quantitative estimate of drug-likeness (QED) is 0.587. The molecule has 5 nitrogen and oxygen atoms in total. The molecule has 0 amide bonds. The van der Waals surface area contributed by atoms with Gasteiger partial charge in [0.15, 0.2) is 5.96 Å². The highest BCUT2D eigenvalue weighted by atomic mass is 32.1. The molecule has 0 aliphatic carbocycles. The molecule has 2 N–H and O–H groups in total. The van der Waals surface area contributed by atoms with E-state index in [-0.39, 0.29) is 0 Å². The number of piperazine rings is 1. The minimum absolute atomic E-state index is 0.510. The van der Waals surface area contributed by atoms with Gasteiger partial charge in [-0.05, 0) is 18.0 Å². The van der Waals surface area contributed by atoms with Crippen molar-refractivity contribution < 1.29 is 0 Å². The largest absolute Gasteiger partial charge is 0.356 e. The number of likely N-dealkylation sites (N-methyl/N-ethyl adjacent to an activating group) is 1. The molecule has 130 valence electrons. The molecule has 1 aliphatic heterocycles. The number of nitrogens with zero attached hydrogens (tertiary/aromatic N) is 3. The van der Waals surface area contributed by atoms with Crippen LogP contribution in [0.3, 0.4) is 0 Å². The molecule has 0 saturated carbocycles. The standard InChI is InChI=1S/C17H31N5S/c1-4-21-9-11-22(12-10-21)8-7-19-17(18-3)20-14-15(2)16-6-5-13-23-16/h5-6,13,15H,4,7-12,14H2,1-3H3,(H2,18,19,20). The first-order valence-electron chi connectivity index (χ1n) is 8.65. The maximum absolute atomic E-state index is 4.32. The van der Waals surface area contributed by atoms with E-state index >= 15 is 0 Å². The maximum atomic E-state index is 4.32. The van der Waals surface area contributed by atoms with Gasteiger partial charge >= 0.3 is 0 Å². The molecule has 0 bridgehead atoms. The van der Waals surface area contributed by atoms with Gasteiger partial charge in [-0.25, -0.2) is 0 Å². The summed E-state index contributed by atoms with van der Waals surface area (Å²) in [5.74, 6) is 1.41. The van der Waals surface area contributed by atoms with Gasteiger partial charge in [0, 0.05) is 63.7 Å². The SMILES string of the molecule is CCN1CCN(CCNC(=NC)NCC(C)c2cccs2)CC1. The molecule has 2 heterocycles. The molecular weight excluding hydrogens is 306 g/mol. The molecule has 0 radical (unpaired) electrons. The number of aliphatic imine (C=N–C) groups is 1. The monoisotopic (exact) mass is 337 g/mol. The van der Waals surface area contributed by atoms with Crippen LogP contribution >= 0.6 is 11.3 Å². The summed E-state index contributed by atoms with van der Waals surface area (Å²) in [7, 11) is 1.84. The van der Waals surface area contributed by atoms with E-state index in [1.165, 1.54) is 37.6 Å². The van der Waals surface area contributed by atoms with Crippen molar-refractivity contribution in [2.24, 2.45) is 4.99 Å². The molecule has 6 heteroatoms. The molecule has 0 spiro atoms. The van der Waals surface area contributed by atoms with Crippen molar-refractivity contribution in [1.29, 1.82) is 0 Å². The van der Waals surface area contributed by atoms with Gasteiger partial charge in [0.2, 0.25) is 0 Å². The van der Waals surface area contributed by atoms with Gasteiger partial charge in [-0.15, -0.1) is 11.3 Å². The van der Waals surface area contributed by atoms with E-state index in [1.807, 2.05) is 18.4 Å². The molecule has 1 aliphatic rings. The second-order valence-corrected chi connectivity index (χ2v) is 7.05. The number of hydrogen-bond donors (Lipinski definition) is 2. The fraction of sp³-hybridized carbons (Fsp3) is 0.706. The Morgan fingerprint density at radius 1 is 1.26 bits per heavy atom. The molecule has 1 saturated heterocycles. The lowest BCUT2D eigenvalue weighted by molar-refractivity contribution is 0.139. The van der Waals surface area contributed by atoms with Crippen LogP contribution < -0.4 is 10.6 Å². The third kappa shape index (κ3) is 6.12. The van der Waals surface area contributed by atoms with E-state index in [0.29, 0.717) is 5.92 Å². The Kier molecular flexibility index (Phi) is 7.85. The Bertz CT molecular complexity index is 452. The van der Waals surface area contributed by atoms with Crippen LogP contribution in [0.25, 0.3) is 0 Å². The Hall–Kier alpha value is -1.11. The first-order valence-corrected chi connectivity index (χ1v) is 9.53. The van der Waals surface area contributed by atoms with E-state index in [4.69, 9.17) is 0 Å². The summed E-state index contributed by atoms with van der Waals surface area (Å²) in [5.41, 5.74) is 0. The highest BCUT2D eigenvalue weighted by Gasteiger charge is 2.14. The first-order chi connectivity index (χ1) is 11.2. The van der Waals surface area contributed by atoms with Crippen LogP contribution in [0, 0.1) is 0 Å². The Morgan fingerprint density at radius 2 is 2.00 bits per heavy atom. The summed E-state index contributed by atoms with van der Waals surface area (Å²) in [6.45, 7) is 13.3. The topological polar surface area (TPSA) is 42.9 Å². The number of guanidine groups is 1. The zero-order chi connectivity index (χ0) is 16.5. The second-order valence-electron chi connectivity index (χ2n) is 6.07. The summed E-state index contributed by atoms with van der Waals surface area (Å²) in [5, 5.41) is 9.00. The summed E-state index contributed by atoms with van der Waals surface area (Å²) in [6.07, 6.45) is 0. The maximum Gasteiger partial charge on any atom is 0.191 e. The summed E-state index contributed by atoms with van der Waals surface area (Å²) in [6, 6.07) is 4.31. The van der Waals surface area contributed by atoms with Gasteiger partial charge in [-0.1, -0.05) is 19.9 Å². The van der Waals surface area contributed by atoms with Crippen molar-refractivity contribution in [3.8, 4) is 0 Å². The lowest BCUT2D eigenvalue weighted by Gasteiger charge is -2.34. The smallest absolute Gasteiger partial charge is 0.191 e. The van der Waals surface area contributed by atoms with E-state index < -0.39 is 0 Å². The molecular formula is C17H31N5S. The lowest BCUT2D eigenvalue weighted by Crippen LogP contribution is -2.49. The van der Waals surface area contributed by atoms with Crippen LogP contribution in [0.15, 0.2) is 22.5 Å². The molecule has 2 rings (SSSR count). The number of nitrogens with one attached hydrogen (secondary N) is 2. The lowest BCUT2D eigenvalue weighted by atomic mass is 10.1. The molecule has 1 aromatic rings. The Morgan fingerprint density at radius 3 is 2.61 bits per heavy atom. The first kappa shape index (κ1) is 18.2. The van der Waals surface area contributed by atoms with Crippen molar-refractivity contribution in [2.75, 3.05) is 59.4 Å². The predicted octanol–water partition coefficient (Wildman–Crippen LogP) is 1.65. The Balaban J connectivity index is 1.62. The van der Waals surface area contributed by atoms with E-state index in [1.54, 1.807) is 0 Å². The predicted molar refractivity (Wildman–Crippen MR) is 101 cm³/mol. The van der Waals surface area contributed by atoms with Gasteiger partial charge in [-0.2, -0.15) is 0 Å². The molecule has 1 unspecified atom stereocenters. The van der Waals surface area contributed by atoms with E-state index in [0.717, 1.165) is 25.6 Å². The normalized spacial score (nSPS) is 18.8. The highest BCUT2D eigenvalue weighted by Crippen LogP contribution is 2.19. The number of hydrogen-bond acceptors (Lipinski definition) is 4. The van der Waals surface area contributed by atoms with Gasteiger partial charge in [0.25, 0.3) is 0 Å². The van der Waals surface area contributed by atoms with Crippen LogP contribution in [0.1, 0.15) is 24.6 Å². The fourth-order valence-electron chi connectivity index (χ4n) is 2.80. The van der Waals surface area contributed by atoms with Gasteiger partial charge in [0.1, 0.15) is 0 Å². The van der Waals surface area contributed by atoms with Crippen molar-refractivity contribution in [1.82, 2.24) is 20.4 Å². The van der Waals surface area contributed by atoms with Crippen LogP contribution in [0.5, 0.6) is 0 Å². The summed E-state index contributed by atoms with van der Waals surface area (Å²) in [4.78, 5) is 10.8. The van der Waals surface area contributed by atoms with E-state index in [2.05, 4.69) is 56.8 Å². The van der Waals surface area contributed by atoms with Gasteiger partial charge in [0.05, 0.1) is 0 Å². The van der Waals surface area contributed by atoms with Crippen molar-refractivity contribution in [3.05, 3.63) is 22.4 Å². The van der Waals surface area contributed by atoms with Gasteiger partial charge < -0.3 is 15.5 Å². The Labute approximate surface area is 144 Å². The highest BCUT2D eigenvalue weighted by molar-refractivity contribution is 7.10. The third-order valence-electron chi connectivity index (χ3n) is 4.46. The van der Waals surface area contributed by atoms with Crippen molar-refractivity contribution in [2.45, 2.75) is 19.8 Å². The molecule has 1 aromatic heterocycles. The summed E-state index contributed by atoms with van der Waals surface area (Å²) < 4.78 is 0. The van der Waals surface area contributed by atoms with Crippen LogP contribution in [0.2, 0.25) is 0 Å². The minimum atomic E-state index is 0.510. The van der Waals surface area contributed by atoms with Crippen molar-refractivity contribution >= 4 is 17.3 Å². The summed E-state index contributed by atoms with van der Waals surface area (Å²) >= 11 is 1.82. The van der Waals surface area contributed by atoms with E-state index in [9.17, 15) is 0 Å². The number of thiophene rings is 1.